The second-order valence-electron chi connectivity index (χ2n) is 7.18. The van der Waals surface area contributed by atoms with Crippen LogP contribution in [0.3, 0.4) is 0 Å². The Hall–Kier alpha value is -0.900. The van der Waals surface area contributed by atoms with E-state index in [0.29, 0.717) is 16.2 Å². The number of nitrogens with zero attached hydrogens (tertiary/aromatic N) is 2. The second kappa shape index (κ2) is 5.08. The Kier molecular flexibility index (Phi) is 3.32. The van der Waals surface area contributed by atoms with Gasteiger partial charge in [0.1, 0.15) is 4.60 Å². The van der Waals surface area contributed by atoms with Gasteiger partial charge in [0.15, 0.2) is 0 Å². The molecule has 4 bridgehead atoms. The maximum atomic E-state index is 12.8. The first kappa shape index (κ1) is 13.7. The SMILES string of the molecule is CN(C(=O)c1cccnc1Br)C1C2CC3CC(C2)CC1C3. The summed E-state index contributed by atoms with van der Waals surface area (Å²) in [6.07, 6.45) is 8.51. The Morgan fingerprint density at radius 2 is 1.81 bits per heavy atom. The zero-order chi connectivity index (χ0) is 14.6. The van der Waals surface area contributed by atoms with Crippen LogP contribution in [0.2, 0.25) is 0 Å². The lowest BCUT2D eigenvalue weighted by Gasteiger charge is -2.56. The smallest absolute Gasteiger partial charge is 0.256 e. The minimum absolute atomic E-state index is 0.118. The molecular formula is C17H21BrN2O. The number of pyridine rings is 1. The molecule has 0 unspecified atom stereocenters. The lowest BCUT2D eigenvalue weighted by molar-refractivity contribution is -0.0491. The third-order valence-electron chi connectivity index (χ3n) is 5.93. The van der Waals surface area contributed by atoms with Crippen molar-refractivity contribution in [3.8, 4) is 0 Å². The first-order valence-corrected chi connectivity index (χ1v) is 8.80. The summed E-state index contributed by atoms with van der Waals surface area (Å²) in [7, 11) is 1.99. The summed E-state index contributed by atoms with van der Waals surface area (Å²) in [5, 5.41) is 0. The standard InChI is InChI=1S/C17H21BrN2O/c1-20(17(21)14-3-2-4-19-16(14)18)15-12-6-10-5-11(8-12)9-13(15)7-10/h2-4,10-13,15H,5-9H2,1H3. The molecule has 4 heteroatoms. The van der Waals surface area contributed by atoms with E-state index in [1.807, 2.05) is 24.1 Å². The average Bonchev–Trinajstić information content (AvgIpc) is 2.45. The van der Waals surface area contributed by atoms with Crippen LogP contribution in [-0.2, 0) is 0 Å². The molecule has 1 aromatic rings. The maximum Gasteiger partial charge on any atom is 0.256 e. The number of aromatic nitrogens is 1. The molecule has 4 saturated carbocycles. The summed E-state index contributed by atoms with van der Waals surface area (Å²) in [4.78, 5) is 19.1. The molecule has 112 valence electrons. The minimum atomic E-state index is 0.118. The summed E-state index contributed by atoms with van der Waals surface area (Å²) in [6, 6.07) is 4.15. The quantitative estimate of drug-likeness (QED) is 0.762. The third kappa shape index (κ3) is 2.23. The van der Waals surface area contributed by atoms with Crippen molar-refractivity contribution in [2.45, 2.75) is 38.1 Å². The number of rotatable bonds is 2. The molecule has 21 heavy (non-hydrogen) atoms. The van der Waals surface area contributed by atoms with Crippen LogP contribution >= 0.6 is 15.9 Å². The van der Waals surface area contributed by atoms with Crippen LogP contribution in [0.1, 0.15) is 42.5 Å². The average molecular weight is 349 g/mol. The van der Waals surface area contributed by atoms with Crippen LogP contribution in [0, 0.1) is 23.7 Å². The number of hydrogen-bond acceptors (Lipinski definition) is 2. The molecule has 4 fully saturated rings. The fourth-order valence-corrected chi connectivity index (χ4v) is 5.82. The van der Waals surface area contributed by atoms with Crippen molar-refractivity contribution in [3.05, 3.63) is 28.5 Å². The van der Waals surface area contributed by atoms with Crippen molar-refractivity contribution >= 4 is 21.8 Å². The highest BCUT2D eigenvalue weighted by Crippen LogP contribution is 2.55. The molecular weight excluding hydrogens is 328 g/mol. The minimum Gasteiger partial charge on any atom is -0.338 e. The molecule has 3 nitrogen and oxygen atoms in total. The van der Waals surface area contributed by atoms with E-state index in [0.717, 1.165) is 23.7 Å². The third-order valence-corrected chi connectivity index (χ3v) is 6.57. The number of hydrogen-bond donors (Lipinski definition) is 0. The summed E-state index contributed by atoms with van der Waals surface area (Å²) < 4.78 is 0.658. The molecule has 0 aromatic carbocycles. The van der Waals surface area contributed by atoms with Crippen LogP contribution in [0.15, 0.2) is 22.9 Å². The number of carbonyl (C=O) groups is 1. The Morgan fingerprint density at radius 3 is 2.38 bits per heavy atom. The van der Waals surface area contributed by atoms with Gasteiger partial charge in [-0.15, -0.1) is 0 Å². The highest BCUT2D eigenvalue weighted by Gasteiger charge is 2.50. The molecule has 1 heterocycles. The summed E-state index contributed by atoms with van der Waals surface area (Å²) >= 11 is 3.41. The molecule has 4 aliphatic rings. The van der Waals surface area contributed by atoms with E-state index in [2.05, 4.69) is 20.9 Å². The Labute approximate surface area is 134 Å². The van der Waals surface area contributed by atoms with Gasteiger partial charge in [-0.25, -0.2) is 4.98 Å². The van der Waals surface area contributed by atoms with E-state index in [1.165, 1.54) is 32.1 Å². The van der Waals surface area contributed by atoms with Crippen LogP contribution < -0.4 is 0 Å². The van der Waals surface area contributed by atoms with Gasteiger partial charge >= 0.3 is 0 Å². The van der Waals surface area contributed by atoms with E-state index in [4.69, 9.17) is 0 Å². The Morgan fingerprint density at radius 1 is 1.19 bits per heavy atom. The maximum absolute atomic E-state index is 12.8. The molecule has 0 spiro atoms. The molecule has 1 amide bonds. The fraction of sp³-hybridized carbons (Fsp3) is 0.647. The zero-order valence-corrected chi connectivity index (χ0v) is 13.9. The number of amides is 1. The van der Waals surface area contributed by atoms with Crippen LogP contribution in [-0.4, -0.2) is 28.9 Å². The number of halogens is 1. The second-order valence-corrected chi connectivity index (χ2v) is 7.93. The van der Waals surface area contributed by atoms with E-state index >= 15 is 0 Å². The van der Waals surface area contributed by atoms with E-state index in [9.17, 15) is 4.79 Å². The molecule has 1 aromatic heterocycles. The van der Waals surface area contributed by atoms with Crippen molar-refractivity contribution < 1.29 is 4.79 Å². The lowest BCUT2D eigenvalue weighted by atomic mass is 9.54. The van der Waals surface area contributed by atoms with E-state index in [1.54, 1.807) is 6.20 Å². The highest BCUT2D eigenvalue weighted by molar-refractivity contribution is 9.10. The highest BCUT2D eigenvalue weighted by atomic mass is 79.9. The van der Waals surface area contributed by atoms with Gasteiger partial charge in [-0.2, -0.15) is 0 Å². The molecule has 0 atom stereocenters. The zero-order valence-electron chi connectivity index (χ0n) is 12.3. The monoisotopic (exact) mass is 348 g/mol. The molecule has 0 saturated heterocycles. The van der Waals surface area contributed by atoms with Crippen molar-refractivity contribution in [2.75, 3.05) is 7.05 Å². The number of carbonyl (C=O) groups excluding carboxylic acids is 1. The van der Waals surface area contributed by atoms with Crippen molar-refractivity contribution in [1.82, 2.24) is 9.88 Å². The van der Waals surface area contributed by atoms with Gasteiger partial charge in [0.2, 0.25) is 0 Å². The van der Waals surface area contributed by atoms with Gasteiger partial charge in [-0.05, 0) is 83.8 Å². The van der Waals surface area contributed by atoms with Crippen LogP contribution in [0.25, 0.3) is 0 Å². The fourth-order valence-electron chi connectivity index (χ4n) is 5.40. The Balaban J connectivity index is 1.59. The van der Waals surface area contributed by atoms with Gasteiger partial charge in [-0.1, -0.05) is 0 Å². The summed E-state index contributed by atoms with van der Waals surface area (Å²) in [6.45, 7) is 0. The van der Waals surface area contributed by atoms with Gasteiger partial charge in [0.05, 0.1) is 5.56 Å². The molecule has 4 aliphatic carbocycles. The first-order valence-electron chi connectivity index (χ1n) is 8.01. The van der Waals surface area contributed by atoms with Gasteiger partial charge in [-0.3, -0.25) is 4.79 Å². The predicted molar refractivity (Wildman–Crippen MR) is 84.9 cm³/mol. The molecule has 0 N–H and O–H groups in total. The van der Waals surface area contributed by atoms with Crippen molar-refractivity contribution in [1.29, 1.82) is 0 Å². The van der Waals surface area contributed by atoms with Crippen LogP contribution in [0.4, 0.5) is 0 Å². The Bertz CT molecular complexity index is 546. The van der Waals surface area contributed by atoms with E-state index < -0.39 is 0 Å². The predicted octanol–water partition coefficient (Wildman–Crippen LogP) is 3.74. The summed E-state index contributed by atoms with van der Waals surface area (Å²) in [5.41, 5.74) is 0.689. The normalized spacial score (nSPS) is 36.8. The van der Waals surface area contributed by atoms with Crippen molar-refractivity contribution in [3.63, 3.8) is 0 Å². The largest absolute Gasteiger partial charge is 0.338 e. The molecule has 0 aliphatic heterocycles. The molecule has 0 radical (unpaired) electrons. The van der Waals surface area contributed by atoms with Gasteiger partial charge in [0, 0.05) is 19.3 Å². The first-order chi connectivity index (χ1) is 10.1. The summed E-state index contributed by atoms with van der Waals surface area (Å²) in [5.74, 6) is 3.46. The lowest BCUT2D eigenvalue weighted by Crippen LogP contribution is -2.56. The van der Waals surface area contributed by atoms with E-state index in [-0.39, 0.29) is 5.91 Å². The van der Waals surface area contributed by atoms with Gasteiger partial charge < -0.3 is 4.90 Å². The topological polar surface area (TPSA) is 33.2 Å². The van der Waals surface area contributed by atoms with Gasteiger partial charge in [0.25, 0.3) is 5.91 Å². The van der Waals surface area contributed by atoms with Crippen molar-refractivity contribution in [2.24, 2.45) is 23.7 Å². The molecule has 5 rings (SSSR count). The van der Waals surface area contributed by atoms with Crippen LogP contribution in [0.5, 0.6) is 0 Å².